The molecule has 1 aliphatic rings. The lowest BCUT2D eigenvalue weighted by Crippen LogP contribution is -2.44. The van der Waals surface area contributed by atoms with Crippen LogP contribution in [0.25, 0.3) is 0 Å². The van der Waals surface area contributed by atoms with Crippen molar-refractivity contribution in [1.29, 1.82) is 0 Å². The van der Waals surface area contributed by atoms with Crippen molar-refractivity contribution in [1.82, 2.24) is 10.6 Å². The van der Waals surface area contributed by atoms with Crippen molar-refractivity contribution in [3.05, 3.63) is 0 Å². The second kappa shape index (κ2) is 8.09. The van der Waals surface area contributed by atoms with E-state index in [9.17, 15) is 9.59 Å². The van der Waals surface area contributed by atoms with Gasteiger partial charge in [-0.25, -0.2) is 4.79 Å². The maximum Gasteiger partial charge on any atom is 0.314 e. The highest BCUT2D eigenvalue weighted by atomic mass is 16.5. The fourth-order valence-corrected chi connectivity index (χ4v) is 2.14. The minimum atomic E-state index is -0.797. The molecule has 0 radical (unpaired) electrons. The Hall–Kier alpha value is -1.30. The molecule has 1 rings (SSSR count). The van der Waals surface area contributed by atoms with Gasteiger partial charge < -0.3 is 20.5 Å². The standard InChI is InChI=1S/C14H26N2O4/c1-11(3-4-12(17)18)9-15-13(19)16-10-14(2)5-7-20-8-6-14/h11H,3-10H2,1-2H3,(H,17,18)(H2,15,16,19). The van der Waals surface area contributed by atoms with Crippen LogP contribution in [0.15, 0.2) is 0 Å². The molecule has 1 unspecified atom stereocenters. The van der Waals surface area contributed by atoms with E-state index in [-0.39, 0.29) is 23.8 Å². The van der Waals surface area contributed by atoms with Gasteiger partial charge in [0.15, 0.2) is 0 Å². The summed E-state index contributed by atoms with van der Waals surface area (Å²) in [5.74, 6) is -0.635. The lowest BCUT2D eigenvalue weighted by molar-refractivity contribution is -0.137. The topological polar surface area (TPSA) is 87.7 Å². The Balaban J connectivity index is 2.15. The van der Waals surface area contributed by atoms with Crippen LogP contribution in [0.5, 0.6) is 0 Å². The third-order valence-corrected chi connectivity index (χ3v) is 3.84. The smallest absolute Gasteiger partial charge is 0.314 e. The molecule has 1 heterocycles. The summed E-state index contributed by atoms with van der Waals surface area (Å²) in [6.07, 6.45) is 2.64. The van der Waals surface area contributed by atoms with E-state index in [1.165, 1.54) is 0 Å². The third kappa shape index (κ3) is 6.75. The highest BCUT2D eigenvalue weighted by Crippen LogP contribution is 2.28. The lowest BCUT2D eigenvalue weighted by Gasteiger charge is -2.33. The number of carbonyl (C=O) groups excluding carboxylic acids is 1. The first-order chi connectivity index (χ1) is 9.41. The Labute approximate surface area is 120 Å². The molecule has 0 aromatic heterocycles. The number of carboxylic acids is 1. The van der Waals surface area contributed by atoms with Gasteiger partial charge in [0, 0.05) is 32.7 Å². The number of aliphatic carboxylic acids is 1. The zero-order valence-corrected chi connectivity index (χ0v) is 12.4. The van der Waals surface area contributed by atoms with Gasteiger partial charge in [0.25, 0.3) is 0 Å². The molecule has 2 amide bonds. The first-order valence-corrected chi connectivity index (χ1v) is 7.22. The normalized spacial score (nSPS) is 19.1. The summed E-state index contributed by atoms with van der Waals surface area (Å²) in [6, 6.07) is -0.181. The van der Waals surface area contributed by atoms with Gasteiger partial charge in [-0.2, -0.15) is 0 Å². The number of carbonyl (C=O) groups is 2. The Morgan fingerprint density at radius 1 is 1.30 bits per heavy atom. The number of nitrogens with one attached hydrogen (secondary N) is 2. The number of urea groups is 1. The molecule has 6 nitrogen and oxygen atoms in total. The molecule has 116 valence electrons. The fraction of sp³-hybridized carbons (Fsp3) is 0.857. The molecule has 0 spiro atoms. The minimum absolute atomic E-state index is 0.116. The zero-order valence-electron chi connectivity index (χ0n) is 12.4. The average Bonchev–Trinajstić information content (AvgIpc) is 2.41. The summed E-state index contributed by atoms with van der Waals surface area (Å²) in [5.41, 5.74) is 0.116. The van der Waals surface area contributed by atoms with E-state index >= 15 is 0 Å². The van der Waals surface area contributed by atoms with Gasteiger partial charge in [-0.05, 0) is 30.6 Å². The molecule has 1 atom stereocenters. The molecule has 0 aromatic carbocycles. The monoisotopic (exact) mass is 286 g/mol. The molecule has 20 heavy (non-hydrogen) atoms. The summed E-state index contributed by atoms with van der Waals surface area (Å²) < 4.78 is 5.32. The van der Waals surface area contributed by atoms with Gasteiger partial charge >= 0.3 is 12.0 Å². The van der Waals surface area contributed by atoms with Crippen LogP contribution >= 0.6 is 0 Å². The highest BCUT2D eigenvalue weighted by Gasteiger charge is 2.27. The van der Waals surface area contributed by atoms with Crippen LogP contribution in [0.4, 0.5) is 4.79 Å². The third-order valence-electron chi connectivity index (χ3n) is 3.84. The van der Waals surface area contributed by atoms with Crippen LogP contribution in [0.1, 0.15) is 39.5 Å². The van der Waals surface area contributed by atoms with E-state index in [1.54, 1.807) is 0 Å². The molecule has 6 heteroatoms. The molecule has 3 N–H and O–H groups in total. The van der Waals surface area contributed by atoms with E-state index in [4.69, 9.17) is 9.84 Å². The average molecular weight is 286 g/mol. The summed E-state index contributed by atoms with van der Waals surface area (Å²) in [6.45, 7) is 6.75. The van der Waals surface area contributed by atoms with E-state index < -0.39 is 5.97 Å². The molecular formula is C14H26N2O4. The largest absolute Gasteiger partial charge is 0.481 e. The highest BCUT2D eigenvalue weighted by molar-refractivity contribution is 5.73. The van der Waals surface area contributed by atoms with Crippen LogP contribution in [0.2, 0.25) is 0 Å². The summed E-state index contributed by atoms with van der Waals surface area (Å²) >= 11 is 0. The van der Waals surface area contributed by atoms with Gasteiger partial charge in [0.2, 0.25) is 0 Å². The van der Waals surface area contributed by atoms with Crippen LogP contribution in [-0.4, -0.2) is 43.4 Å². The zero-order chi connectivity index (χ0) is 15.0. The van der Waals surface area contributed by atoms with Crippen LogP contribution in [-0.2, 0) is 9.53 Å². The first kappa shape index (κ1) is 16.8. The van der Waals surface area contributed by atoms with Crippen LogP contribution in [0.3, 0.4) is 0 Å². The van der Waals surface area contributed by atoms with E-state index in [1.807, 2.05) is 6.92 Å². The summed E-state index contributed by atoms with van der Waals surface area (Å²) in [5, 5.41) is 14.3. The van der Waals surface area contributed by atoms with Crippen molar-refractivity contribution in [3.8, 4) is 0 Å². The van der Waals surface area contributed by atoms with Crippen molar-refractivity contribution < 1.29 is 19.4 Å². The molecule has 0 bridgehead atoms. The van der Waals surface area contributed by atoms with Crippen molar-refractivity contribution in [2.24, 2.45) is 11.3 Å². The first-order valence-electron chi connectivity index (χ1n) is 7.22. The molecule has 0 aliphatic carbocycles. The minimum Gasteiger partial charge on any atom is -0.481 e. The molecule has 0 saturated carbocycles. The van der Waals surface area contributed by atoms with E-state index in [2.05, 4.69) is 17.6 Å². The lowest BCUT2D eigenvalue weighted by atomic mass is 9.82. The number of ether oxygens (including phenoxy) is 1. The van der Waals surface area contributed by atoms with Gasteiger partial charge in [0.05, 0.1) is 0 Å². The molecule has 0 aromatic rings. The molecule has 1 saturated heterocycles. The van der Waals surface area contributed by atoms with Gasteiger partial charge in [0.1, 0.15) is 0 Å². The maximum atomic E-state index is 11.7. The Bertz CT molecular complexity index is 327. The van der Waals surface area contributed by atoms with E-state index in [0.717, 1.165) is 26.1 Å². The quantitative estimate of drug-likeness (QED) is 0.663. The second-order valence-electron chi connectivity index (χ2n) is 6.02. The Kier molecular flexibility index (Phi) is 6.78. The fourth-order valence-electron chi connectivity index (χ4n) is 2.14. The van der Waals surface area contributed by atoms with Gasteiger partial charge in [-0.1, -0.05) is 13.8 Å². The van der Waals surface area contributed by atoms with Gasteiger partial charge in [-0.15, -0.1) is 0 Å². The van der Waals surface area contributed by atoms with Crippen molar-refractivity contribution >= 4 is 12.0 Å². The van der Waals surface area contributed by atoms with Crippen molar-refractivity contribution in [2.75, 3.05) is 26.3 Å². The van der Waals surface area contributed by atoms with Crippen molar-refractivity contribution in [3.63, 3.8) is 0 Å². The molecule has 1 fully saturated rings. The summed E-state index contributed by atoms with van der Waals surface area (Å²) in [4.78, 5) is 22.1. The second-order valence-corrected chi connectivity index (χ2v) is 6.02. The SMILES string of the molecule is CC(CCC(=O)O)CNC(=O)NCC1(C)CCOCC1. The maximum absolute atomic E-state index is 11.7. The molecule has 1 aliphatic heterocycles. The van der Waals surface area contributed by atoms with Gasteiger partial charge in [-0.3, -0.25) is 4.79 Å². The number of hydrogen-bond donors (Lipinski definition) is 3. The number of hydrogen-bond acceptors (Lipinski definition) is 3. The predicted molar refractivity (Wildman–Crippen MR) is 75.6 cm³/mol. The Morgan fingerprint density at radius 3 is 2.55 bits per heavy atom. The summed E-state index contributed by atoms with van der Waals surface area (Å²) in [7, 11) is 0. The predicted octanol–water partition coefficient (Wildman–Crippen LogP) is 1.60. The van der Waals surface area contributed by atoms with Crippen molar-refractivity contribution in [2.45, 2.75) is 39.5 Å². The van der Waals surface area contributed by atoms with E-state index in [0.29, 0.717) is 19.5 Å². The number of rotatable bonds is 7. The van der Waals surface area contributed by atoms with Crippen LogP contribution in [0, 0.1) is 11.3 Å². The van der Waals surface area contributed by atoms with Crippen LogP contribution < -0.4 is 10.6 Å². The number of carboxylic acid groups (broad SMARTS) is 1. The number of amides is 2. The Morgan fingerprint density at radius 2 is 1.95 bits per heavy atom. The molecular weight excluding hydrogens is 260 g/mol.